The first-order chi connectivity index (χ1) is 12.6. The second-order valence-corrected chi connectivity index (χ2v) is 7.45. The maximum absolute atomic E-state index is 12.1. The van der Waals surface area contributed by atoms with E-state index in [9.17, 15) is 8.42 Å². The number of nitrogens with zero attached hydrogens (tertiary/aromatic N) is 2. The van der Waals surface area contributed by atoms with Crippen LogP contribution >= 0.6 is 0 Å². The SMILES string of the molecule is O=S(=O)(Cc1ccccc1)NCc1nc(-c2ccc3c(c2)OCO3)no1. The number of hydrogen-bond acceptors (Lipinski definition) is 7. The van der Waals surface area contributed by atoms with Gasteiger partial charge >= 0.3 is 0 Å². The quantitative estimate of drug-likeness (QED) is 0.705. The predicted molar refractivity (Wildman–Crippen MR) is 91.8 cm³/mol. The Morgan fingerprint density at radius 2 is 1.85 bits per heavy atom. The molecule has 0 bridgehead atoms. The van der Waals surface area contributed by atoms with Crippen LogP contribution in [-0.2, 0) is 22.3 Å². The summed E-state index contributed by atoms with van der Waals surface area (Å²) in [5.41, 5.74) is 1.39. The minimum absolute atomic E-state index is 0.0767. The molecule has 9 heteroatoms. The van der Waals surface area contributed by atoms with Gasteiger partial charge in [-0.05, 0) is 23.8 Å². The third-order valence-corrected chi connectivity index (χ3v) is 5.04. The van der Waals surface area contributed by atoms with Crippen molar-refractivity contribution >= 4 is 10.0 Å². The monoisotopic (exact) mass is 373 g/mol. The summed E-state index contributed by atoms with van der Waals surface area (Å²) < 4.78 is 42.5. The zero-order valence-electron chi connectivity index (χ0n) is 13.6. The summed E-state index contributed by atoms with van der Waals surface area (Å²) >= 11 is 0. The summed E-state index contributed by atoms with van der Waals surface area (Å²) in [4.78, 5) is 4.21. The van der Waals surface area contributed by atoms with Crippen LogP contribution < -0.4 is 14.2 Å². The van der Waals surface area contributed by atoms with E-state index in [-0.39, 0.29) is 25.0 Å². The number of fused-ring (bicyclic) bond motifs is 1. The van der Waals surface area contributed by atoms with Crippen molar-refractivity contribution in [2.75, 3.05) is 6.79 Å². The van der Waals surface area contributed by atoms with Crippen molar-refractivity contribution in [1.82, 2.24) is 14.9 Å². The van der Waals surface area contributed by atoms with E-state index in [0.29, 0.717) is 28.5 Å². The van der Waals surface area contributed by atoms with Gasteiger partial charge in [0.1, 0.15) is 0 Å². The van der Waals surface area contributed by atoms with Crippen molar-refractivity contribution in [1.29, 1.82) is 0 Å². The van der Waals surface area contributed by atoms with E-state index in [1.807, 2.05) is 6.07 Å². The number of nitrogens with one attached hydrogen (secondary N) is 1. The molecule has 0 aliphatic carbocycles. The lowest BCUT2D eigenvalue weighted by atomic mass is 10.2. The molecule has 3 aromatic rings. The Hall–Kier alpha value is -2.91. The molecule has 26 heavy (non-hydrogen) atoms. The van der Waals surface area contributed by atoms with E-state index in [1.165, 1.54) is 0 Å². The van der Waals surface area contributed by atoms with E-state index in [4.69, 9.17) is 14.0 Å². The molecular weight excluding hydrogens is 358 g/mol. The van der Waals surface area contributed by atoms with Gasteiger partial charge in [-0.3, -0.25) is 0 Å². The van der Waals surface area contributed by atoms with Crippen molar-refractivity contribution in [3.8, 4) is 22.9 Å². The minimum atomic E-state index is -3.51. The smallest absolute Gasteiger partial charge is 0.242 e. The number of rotatable bonds is 6. The standard InChI is InChI=1S/C17H15N3O5S/c21-26(22,10-12-4-2-1-3-5-12)18-9-16-19-17(20-25-16)13-6-7-14-15(8-13)24-11-23-14/h1-8,18H,9-11H2. The average molecular weight is 373 g/mol. The van der Waals surface area contributed by atoms with Crippen molar-refractivity contribution in [3.63, 3.8) is 0 Å². The Morgan fingerprint density at radius 3 is 2.69 bits per heavy atom. The Morgan fingerprint density at radius 1 is 1.04 bits per heavy atom. The lowest BCUT2D eigenvalue weighted by Gasteiger charge is -2.04. The van der Waals surface area contributed by atoms with Gasteiger partial charge in [-0.25, -0.2) is 13.1 Å². The number of benzene rings is 2. The molecule has 0 spiro atoms. The normalized spacial score (nSPS) is 13.1. The van der Waals surface area contributed by atoms with Crippen LogP contribution in [0.15, 0.2) is 53.1 Å². The summed E-state index contributed by atoms with van der Waals surface area (Å²) in [7, 11) is -3.51. The predicted octanol–water partition coefficient (Wildman–Crippen LogP) is 2.08. The van der Waals surface area contributed by atoms with Gasteiger partial charge in [0.2, 0.25) is 28.5 Å². The molecule has 0 unspecified atom stereocenters. The molecule has 8 nitrogen and oxygen atoms in total. The summed E-state index contributed by atoms with van der Waals surface area (Å²) in [5, 5.41) is 3.88. The molecule has 1 aliphatic rings. The lowest BCUT2D eigenvalue weighted by molar-refractivity contribution is 0.174. The molecule has 1 N–H and O–H groups in total. The fourth-order valence-corrected chi connectivity index (χ4v) is 3.57. The Balaban J connectivity index is 1.42. The summed E-state index contributed by atoms with van der Waals surface area (Å²) in [6.07, 6.45) is 0. The summed E-state index contributed by atoms with van der Waals surface area (Å²) in [5.74, 6) is 1.68. The summed E-state index contributed by atoms with van der Waals surface area (Å²) in [6.45, 7) is 0.103. The van der Waals surface area contributed by atoms with E-state index >= 15 is 0 Å². The zero-order chi connectivity index (χ0) is 18.0. The molecule has 1 aromatic heterocycles. The third kappa shape index (κ3) is 3.68. The highest BCUT2D eigenvalue weighted by molar-refractivity contribution is 7.88. The van der Waals surface area contributed by atoms with Crippen LogP contribution in [0.25, 0.3) is 11.4 Å². The third-order valence-electron chi connectivity index (χ3n) is 3.74. The van der Waals surface area contributed by atoms with Crippen LogP contribution in [-0.4, -0.2) is 25.4 Å². The molecule has 0 saturated carbocycles. The second-order valence-electron chi connectivity index (χ2n) is 5.65. The van der Waals surface area contributed by atoms with E-state index in [2.05, 4.69) is 14.9 Å². The van der Waals surface area contributed by atoms with Crippen LogP contribution in [0.1, 0.15) is 11.5 Å². The average Bonchev–Trinajstić information content (AvgIpc) is 3.29. The molecule has 0 fully saturated rings. The van der Waals surface area contributed by atoms with Crippen LogP contribution in [0.5, 0.6) is 11.5 Å². The molecule has 2 aromatic carbocycles. The first-order valence-corrected chi connectivity index (χ1v) is 9.48. The van der Waals surface area contributed by atoms with Crippen molar-refractivity contribution < 1.29 is 22.4 Å². The van der Waals surface area contributed by atoms with Gasteiger partial charge in [-0.1, -0.05) is 35.5 Å². The van der Waals surface area contributed by atoms with Gasteiger partial charge in [0.15, 0.2) is 11.5 Å². The van der Waals surface area contributed by atoms with Crippen molar-refractivity contribution in [2.24, 2.45) is 0 Å². The van der Waals surface area contributed by atoms with Crippen LogP contribution in [0, 0.1) is 0 Å². The molecule has 4 rings (SSSR count). The lowest BCUT2D eigenvalue weighted by Crippen LogP contribution is -2.24. The van der Waals surface area contributed by atoms with E-state index in [0.717, 1.165) is 0 Å². The highest BCUT2D eigenvalue weighted by atomic mass is 32.2. The van der Waals surface area contributed by atoms with Crippen molar-refractivity contribution in [2.45, 2.75) is 12.3 Å². The molecule has 1 aliphatic heterocycles. The number of aromatic nitrogens is 2. The Kier molecular flexibility index (Phi) is 4.31. The largest absolute Gasteiger partial charge is 0.454 e. The second kappa shape index (κ2) is 6.77. The van der Waals surface area contributed by atoms with E-state index in [1.54, 1.807) is 42.5 Å². The highest BCUT2D eigenvalue weighted by Gasteiger charge is 2.18. The summed E-state index contributed by atoms with van der Waals surface area (Å²) in [6, 6.07) is 14.2. The molecule has 134 valence electrons. The number of ether oxygens (including phenoxy) is 2. The topological polar surface area (TPSA) is 104 Å². The minimum Gasteiger partial charge on any atom is -0.454 e. The fraction of sp³-hybridized carbons (Fsp3) is 0.176. The van der Waals surface area contributed by atoms with Crippen molar-refractivity contribution in [3.05, 3.63) is 60.0 Å². The Labute approximate surface area is 149 Å². The van der Waals surface area contributed by atoms with E-state index < -0.39 is 10.0 Å². The fourth-order valence-electron chi connectivity index (χ4n) is 2.50. The maximum Gasteiger partial charge on any atom is 0.242 e. The van der Waals surface area contributed by atoms with Crippen LogP contribution in [0.3, 0.4) is 0 Å². The molecule has 0 amide bonds. The van der Waals surface area contributed by atoms with Gasteiger partial charge in [0.25, 0.3) is 0 Å². The first kappa shape index (κ1) is 16.6. The maximum atomic E-state index is 12.1. The number of hydrogen-bond donors (Lipinski definition) is 1. The molecule has 0 atom stereocenters. The van der Waals surface area contributed by atoms with Gasteiger partial charge in [-0.2, -0.15) is 4.98 Å². The van der Waals surface area contributed by atoms with Crippen LogP contribution in [0.4, 0.5) is 0 Å². The van der Waals surface area contributed by atoms with Gasteiger partial charge in [0.05, 0.1) is 12.3 Å². The molecule has 0 radical (unpaired) electrons. The molecular formula is C17H15N3O5S. The molecule has 2 heterocycles. The van der Waals surface area contributed by atoms with Crippen LogP contribution in [0.2, 0.25) is 0 Å². The zero-order valence-corrected chi connectivity index (χ0v) is 14.4. The van der Waals surface area contributed by atoms with Gasteiger partial charge < -0.3 is 14.0 Å². The Bertz CT molecular complexity index is 1020. The highest BCUT2D eigenvalue weighted by Crippen LogP contribution is 2.35. The number of sulfonamides is 1. The molecule has 0 saturated heterocycles. The van der Waals surface area contributed by atoms with Gasteiger partial charge in [-0.15, -0.1) is 0 Å². The first-order valence-electron chi connectivity index (χ1n) is 7.83. The van der Waals surface area contributed by atoms with Gasteiger partial charge in [0, 0.05) is 5.56 Å².